The van der Waals surface area contributed by atoms with Crippen molar-refractivity contribution in [3.8, 4) is 5.75 Å². The molecule has 0 fully saturated rings. The van der Waals surface area contributed by atoms with E-state index in [1.807, 2.05) is 13.8 Å². The second-order valence-corrected chi connectivity index (χ2v) is 7.51. The van der Waals surface area contributed by atoms with E-state index >= 15 is 0 Å². The number of carbonyl (C=O) groups excluding carboxylic acids is 3. The summed E-state index contributed by atoms with van der Waals surface area (Å²) in [6.07, 6.45) is 3.35. The highest BCUT2D eigenvalue weighted by atomic mass is 16.5. The van der Waals surface area contributed by atoms with Gasteiger partial charge in [0.1, 0.15) is 5.75 Å². The summed E-state index contributed by atoms with van der Waals surface area (Å²) >= 11 is 0. The van der Waals surface area contributed by atoms with Crippen LogP contribution in [0.15, 0.2) is 48.7 Å². The molecule has 1 aromatic heterocycles. The standard InChI is InChI=1S/C24H24N4O4/c1-3-32-19-9-7-18(8-10-19)28-23(30)20-11-6-16(13-21(20)24(28)31)22(29)25-12-4-5-17-14-26-27-15(17)2/h6-11,13-14H,3-5,12H2,1-2H3,(H,25,29)(H,26,27). The summed E-state index contributed by atoms with van der Waals surface area (Å²) < 4.78 is 5.41. The zero-order chi connectivity index (χ0) is 22.7. The minimum absolute atomic E-state index is 0.227. The van der Waals surface area contributed by atoms with Gasteiger partial charge in [0.2, 0.25) is 0 Å². The molecule has 4 rings (SSSR count). The summed E-state index contributed by atoms with van der Waals surface area (Å²) in [5, 5.41) is 9.75. The number of aryl methyl sites for hydroxylation is 2. The summed E-state index contributed by atoms with van der Waals surface area (Å²) in [5.41, 5.74) is 3.46. The fourth-order valence-corrected chi connectivity index (χ4v) is 3.69. The van der Waals surface area contributed by atoms with Crippen LogP contribution >= 0.6 is 0 Å². The highest BCUT2D eigenvalue weighted by molar-refractivity contribution is 6.34. The minimum Gasteiger partial charge on any atom is -0.494 e. The molecule has 32 heavy (non-hydrogen) atoms. The number of anilines is 1. The monoisotopic (exact) mass is 432 g/mol. The molecule has 3 aromatic rings. The number of fused-ring (bicyclic) bond motifs is 1. The van der Waals surface area contributed by atoms with Gasteiger partial charge in [-0.05, 0) is 74.7 Å². The number of benzene rings is 2. The number of aromatic nitrogens is 2. The van der Waals surface area contributed by atoms with Crippen molar-refractivity contribution in [2.24, 2.45) is 0 Å². The van der Waals surface area contributed by atoms with E-state index in [1.165, 1.54) is 12.1 Å². The number of imide groups is 1. The second-order valence-electron chi connectivity index (χ2n) is 7.51. The first-order valence-electron chi connectivity index (χ1n) is 10.5. The molecule has 2 N–H and O–H groups in total. The lowest BCUT2D eigenvalue weighted by molar-refractivity contribution is 0.0923. The van der Waals surface area contributed by atoms with E-state index in [0.29, 0.717) is 30.2 Å². The molecule has 0 bridgehead atoms. The van der Waals surface area contributed by atoms with Crippen molar-refractivity contribution in [1.29, 1.82) is 0 Å². The van der Waals surface area contributed by atoms with E-state index < -0.39 is 11.8 Å². The lowest BCUT2D eigenvalue weighted by atomic mass is 10.1. The molecular formula is C24H24N4O4. The molecule has 2 heterocycles. The maximum Gasteiger partial charge on any atom is 0.266 e. The van der Waals surface area contributed by atoms with E-state index in [1.54, 1.807) is 36.5 Å². The summed E-state index contributed by atoms with van der Waals surface area (Å²) in [5.74, 6) is -0.470. The summed E-state index contributed by atoms with van der Waals surface area (Å²) in [7, 11) is 0. The predicted octanol–water partition coefficient (Wildman–Crippen LogP) is 3.28. The van der Waals surface area contributed by atoms with Gasteiger partial charge in [0, 0.05) is 17.8 Å². The fourth-order valence-electron chi connectivity index (χ4n) is 3.69. The Morgan fingerprint density at radius 1 is 1.09 bits per heavy atom. The third-order valence-electron chi connectivity index (χ3n) is 5.40. The molecule has 0 unspecified atom stereocenters. The molecule has 0 saturated heterocycles. The van der Waals surface area contributed by atoms with Crippen molar-refractivity contribution in [3.63, 3.8) is 0 Å². The molecule has 8 nitrogen and oxygen atoms in total. The largest absolute Gasteiger partial charge is 0.494 e. The first-order chi connectivity index (χ1) is 15.5. The van der Waals surface area contributed by atoms with Gasteiger partial charge in [-0.2, -0.15) is 5.10 Å². The van der Waals surface area contributed by atoms with Crippen molar-refractivity contribution < 1.29 is 19.1 Å². The number of carbonyl (C=O) groups is 3. The second kappa shape index (κ2) is 9.05. The molecular weight excluding hydrogens is 408 g/mol. The van der Waals surface area contributed by atoms with E-state index in [9.17, 15) is 14.4 Å². The van der Waals surface area contributed by atoms with Crippen LogP contribution in [0, 0.1) is 6.92 Å². The van der Waals surface area contributed by atoms with Gasteiger partial charge in [0.05, 0.1) is 29.6 Å². The zero-order valence-corrected chi connectivity index (χ0v) is 18.0. The molecule has 2 aromatic carbocycles. The first kappa shape index (κ1) is 21.3. The van der Waals surface area contributed by atoms with Crippen molar-refractivity contribution in [3.05, 3.63) is 76.6 Å². The van der Waals surface area contributed by atoms with Gasteiger partial charge < -0.3 is 10.1 Å². The van der Waals surface area contributed by atoms with Crippen LogP contribution in [0.2, 0.25) is 0 Å². The molecule has 1 aliphatic rings. The Morgan fingerprint density at radius 2 is 1.84 bits per heavy atom. The Labute approximate surface area is 185 Å². The molecule has 1 aliphatic heterocycles. The number of amides is 3. The number of H-pyrrole nitrogens is 1. The van der Waals surface area contributed by atoms with Crippen molar-refractivity contribution in [1.82, 2.24) is 15.5 Å². The van der Waals surface area contributed by atoms with Gasteiger partial charge >= 0.3 is 0 Å². The van der Waals surface area contributed by atoms with Crippen LogP contribution in [0.3, 0.4) is 0 Å². The molecule has 0 saturated carbocycles. The predicted molar refractivity (Wildman–Crippen MR) is 119 cm³/mol. The molecule has 0 atom stereocenters. The maximum absolute atomic E-state index is 12.9. The van der Waals surface area contributed by atoms with Crippen LogP contribution in [-0.2, 0) is 6.42 Å². The SMILES string of the molecule is CCOc1ccc(N2C(=O)c3ccc(C(=O)NCCCc4cn[nH]c4C)cc3C2=O)cc1. The van der Waals surface area contributed by atoms with E-state index in [-0.39, 0.29) is 17.0 Å². The van der Waals surface area contributed by atoms with E-state index in [4.69, 9.17) is 4.74 Å². The third kappa shape index (κ3) is 4.12. The molecule has 0 radical (unpaired) electrons. The van der Waals surface area contributed by atoms with Gasteiger partial charge in [0.15, 0.2) is 0 Å². The highest BCUT2D eigenvalue weighted by Crippen LogP contribution is 2.30. The number of nitrogens with one attached hydrogen (secondary N) is 2. The highest BCUT2D eigenvalue weighted by Gasteiger charge is 2.37. The number of ether oxygens (including phenoxy) is 1. The molecule has 164 valence electrons. The van der Waals surface area contributed by atoms with Crippen LogP contribution in [0.5, 0.6) is 5.75 Å². The van der Waals surface area contributed by atoms with Gasteiger partial charge in [-0.1, -0.05) is 0 Å². The molecule has 8 heteroatoms. The smallest absolute Gasteiger partial charge is 0.266 e. The minimum atomic E-state index is -0.445. The molecule has 3 amide bonds. The van der Waals surface area contributed by atoms with E-state index in [0.717, 1.165) is 29.0 Å². The summed E-state index contributed by atoms with van der Waals surface area (Å²) in [6.45, 7) is 4.86. The lowest BCUT2D eigenvalue weighted by Gasteiger charge is -2.14. The van der Waals surface area contributed by atoms with Crippen LogP contribution in [0.25, 0.3) is 0 Å². The fraction of sp³-hybridized carbons (Fsp3) is 0.250. The number of aromatic amines is 1. The molecule has 0 spiro atoms. The topological polar surface area (TPSA) is 104 Å². The lowest BCUT2D eigenvalue weighted by Crippen LogP contribution is -2.29. The quantitative estimate of drug-likeness (QED) is 0.420. The number of hydrogen-bond acceptors (Lipinski definition) is 5. The van der Waals surface area contributed by atoms with Crippen molar-refractivity contribution in [2.75, 3.05) is 18.1 Å². The van der Waals surface area contributed by atoms with Crippen molar-refractivity contribution in [2.45, 2.75) is 26.7 Å². The summed E-state index contributed by atoms with van der Waals surface area (Å²) in [6, 6.07) is 11.4. The van der Waals surface area contributed by atoms with E-state index in [2.05, 4.69) is 15.5 Å². The normalized spacial score (nSPS) is 12.8. The average Bonchev–Trinajstić information content (AvgIpc) is 3.32. The first-order valence-corrected chi connectivity index (χ1v) is 10.5. The Balaban J connectivity index is 1.42. The molecule has 0 aliphatic carbocycles. The Morgan fingerprint density at radius 3 is 2.53 bits per heavy atom. The van der Waals surface area contributed by atoms with Crippen LogP contribution in [0.1, 0.15) is 55.7 Å². The van der Waals surface area contributed by atoms with Gasteiger partial charge in [-0.15, -0.1) is 0 Å². The zero-order valence-electron chi connectivity index (χ0n) is 18.0. The van der Waals surface area contributed by atoms with Crippen molar-refractivity contribution >= 4 is 23.4 Å². The van der Waals surface area contributed by atoms with Crippen LogP contribution in [-0.4, -0.2) is 41.1 Å². The van der Waals surface area contributed by atoms with Gasteiger partial charge in [-0.3, -0.25) is 19.5 Å². The van der Waals surface area contributed by atoms with Gasteiger partial charge in [-0.25, -0.2) is 4.90 Å². The average molecular weight is 432 g/mol. The summed E-state index contributed by atoms with van der Waals surface area (Å²) in [4.78, 5) is 39.4. The maximum atomic E-state index is 12.9. The Kier molecular flexibility index (Phi) is 6.02. The third-order valence-corrected chi connectivity index (χ3v) is 5.40. The van der Waals surface area contributed by atoms with Gasteiger partial charge in [0.25, 0.3) is 17.7 Å². The number of nitrogens with zero attached hydrogens (tertiary/aromatic N) is 2. The van der Waals surface area contributed by atoms with Crippen LogP contribution < -0.4 is 15.0 Å². The number of hydrogen-bond donors (Lipinski definition) is 2. The van der Waals surface area contributed by atoms with Crippen LogP contribution in [0.4, 0.5) is 5.69 Å². The Bertz CT molecular complexity index is 1170. The Hall–Kier alpha value is -3.94. The number of rotatable bonds is 8.